The Morgan fingerprint density at radius 3 is 2.90 bits per heavy atom. The topological polar surface area (TPSA) is 66.9 Å². The van der Waals surface area contributed by atoms with Crippen LogP contribution in [-0.2, 0) is 4.74 Å². The molecule has 1 aromatic carbocycles. The fourth-order valence-corrected chi connectivity index (χ4v) is 2.49. The molecule has 106 valence electrons. The van der Waals surface area contributed by atoms with E-state index in [1.807, 2.05) is 30.5 Å². The summed E-state index contributed by atoms with van der Waals surface area (Å²) in [5.41, 5.74) is 1.93. The minimum absolute atomic E-state index is 0.724. The number of rotatable bonds is 2. The van der Waals surface area contributed by atoms with Crippen molar-refractivity contribution in [1.82, 2.24) is 20.2 Å². The molecule has 21 heavy (non-hydrogen) atoms. The third-order valence-electron chi connectivity index (χ3n) is 3.63. The number of aromatic amines is 1. The lowest BCUT2D eigenvalue weighted by atomic mass is 10.1. The molecule has 0 spiro atoms. The summed E-state index contributed by atoms with van der Waals surface area (Å²) in [6.45, 7) is 3.10. The molecular formula is C15H15N5O. The van der Waals surface area contributed by atoms with E-state index in [-0.39, 0.29) is 0 Å². The van der Waals surface area contributed by atoms with Crippen molar-refractivity contribution in [3.05, 3.63) is 36.5 Å². The van der Waals surface area contributed by atoms with Crippen LogP contribution in [0.4, 0.5) is 5.95 Å². The highest BCUT2D eigenvalue weighted by atomic mass is 16.5. The van der Waals surface area contributed by atoms with Crippen LogP contribution in [0.5, 0.6) is 0 Å². The molecule has 0 unspecified atom stereocenters. The van der Waals surface area contributed by atoms with Crippen molar-refractivity contribution in [1.29, 1.82) is 0 Å². The second-order valence-electron chi connectivity index (χ2n) is 5.00. The summed E-state index contributed by atoms with van der Waals surface area (Å²) in [5.74, 6) is 1.47. The lowest BCUT2D eigenvalue weighted by molar-refractivity contribution is 0.122. The van der Waals surface area contributed by atoms with Gasteiger partial charge in [0, 0.05) is 30.2 Å². The fourth-order valence-electron chi connectivity index (χ4n) is 2.49. The zero-order valence-electron chi connectivity index (χ0n) is 11.5. The van der Waals surface area contributed by atoms with Crippen molar-refractivity contribution in [3.63, 3.8) is 0 Å². The molecule has 1 fully saturated rings. The van der Waals surface area contributed by atoms with Crippen LogP contribution < -0.4 is 4.90 Å². The van der Waals surface area contributed by atoms with Gasteiger partial charge in [0.05, 0.1) is 18.7 Å². The summed E-state index contributed by atoms with van der Waals surface area (Å²) in [7, 11) is 0. The molecule has 1 saturated heterocycles. The molecule has 1 aliphatic rings. The number of ether oxygens (including phenoxy) is 1. The van der Waals surface area contributed by atoms with Crippen molar-refractivity contribution in [2.75, 3.05) is 31.2 Å². The van der Waals surface area contributed by atoms with Crippen molar-refractivity contribution < 1.29 is 4.74 Å². The van der Waals surface area contributed by atoms with E-state index >= 15 is 0 Å². The third-order valence-corrected chi connectivity index (χ3v) is 3.63. The summed E-state index contributed by atoms with van der Waals surface area (Å²) in [4.78, 5) is 11.2. The van der Waals surface area contributed by atoms with Crippen LogP contribution in [0, 0.1) is 0 Å². The number of hydrogen-bond acceptors (Lipinski definition) is 5. The molecule has 3 aromatic rings. The number of aromatic nitrogens is 4. The number of H-pyrrole nitrogens is 1. The van der Waals surface area contributed by atoms with Gasteiger partial charge in [-0.15, -0.1) is 5.10 Å². The first-order chi connectivity index (χ1) is 10.4. The SMILES string of the molecule is c1ccc2ncc(-c3nc(N4CCOCC4)n[nH]3)cc2c1. The molecule has 0 radical (unpaired) electrons. The Morgan fingerprint density at radius 1 is 1.14 bits per heavy atom. The van der Waals surface area contributed by atoms with Crippen LogP contribution in [-0.4, -0.2) is 46.5 Å². The van der Waals surface area contributed by atoms with Gasteiger partial charge in [-0.25, -0.2) is 0 Å². The Morgan fingerprint density at radius 2 is 2.00 bits per heavy atom. The van der Waals surface area contributed by atoms with Crippen LogP contribution in [0.2, 0.25) is 0 Å². The smallest absolute Gasteiger partial charge is 0.245 e. The molecular weight excluding hydrogens is 266 g/mol. The van der Waals surface area contributed by atoms with Crippen molar-refractivity contribution in [3.8, 4) is 11.4 Å². The zero-order valence-corrected chi connectivity index (χ0v) is 11.5. The fraction of sp³-hybridized carbons (Fsp3) is 0.267. The van der Waals surface area contributed by atoms with Gasteiger partial charge in [0.1, 0.15) is 0 Å². The van der Waals surface area contributed by atoms with E-state index in [1.54, 1.807) is 0 Å². The molecule has 0 saturated carbocycles. The molecule has 6 nitrogen and oxygen atoms in total. The Hall–Kier alpha value is -2.47. The number of morpholine rings is 1. The first-order valence-electron chi connectivity index (χ1n) is 7.00. The van der Waals surface area contributed by atoms with E-state index in [1.165, 1.54) is 0 Å². The van der Waals surface area contributed by atoms with Gasteiger partial charge in [0.25, 0.3) is 0 Å². The Balaban J connectivity index is 1.67. The molecule has 1 N–H and O–H groups in total. The number of benzene rings is 1. The molecule has 1 aliphatic heterocycles. The summed E-state index contributed by atoms with van der Waals surface area (Å²) in [6, 6.07) is 10.1. The number of hydrogen-bond donors (Lipinski definition) is 1. The molecule has 0 amide bonds. The van der Waals surface area contributed by atoms with E-state index in [0.29, 0.717) is 0 Å². The minimum atomic E-state index is 0.724. The van der Waals surface area contributed by atoms with Gasteiger partial charge in [-0.2, -0.15) is 4.98 Å². The molecule has 6 heteroatoms. The highest BCUT2D eigenvalue weighted by molar-refractivity contribution is 5.82. The number of pyridine rings is 1. The highest BCUT2D eigenvalue weighted by Gasteiger charge is 2.16. The number of nitrogens with zero attached hydrogens (tertiary/aromatic N) is 4. The highest BCUT2D eigenvalue weighted by Crippen LogP contribution is 2.21. The van der Waals surface area contributed by atoms with Gasteiger partial charge in [-0.05, 0) is 12.1 Å². The summed E-state index contributed by atoms with van der Waals surface area (Å²) < 4.78 is 5.34. The van der Waals surface area contributed by atoms with Crippen LogP contribution in [0.1, 0.15) is 0 Å². The van der Waals surface area contributed by atoms with E-state index < -0.39 is 0 Å². The van der Waals surface area contributed by atoms with Crippen LogP contribution in [0.25, 0.3) is 22.3 Å². The van der Waals surface area contributed by atoms with E-state index in [0.717, 1.165) is 54.5 Å². The maximum atomic E-state index is 5.34. The maximum absolute atomic E-state index is 5.34. The predicted molar refractivity (Wildman–Crippen MR) is 80.2 cm³/mol. The molecule has 4 rings (SSSR count). The van der Waals surface area contributed by atoms with Gasteiger partial charge in [0.2, 0.25) is 5.95 Å². The largest absolute Gasteiger partial charge is 0.378 e. The Kier molecular flexibility index (Phi) is 3.01. The van der Waals surface area contributed by atoms with Crippen molar-refractivity contribution in [2.45, 2.75) is 0 Å². The van der Waals surface area contributed by atoms with Crippen molar-refractivity contribution in [2.24, 2.45) is 0 Å². The van der Waals surface area contributed by atoms with Gasteiger partial charge in [0.15, 0.2) is 5.82 Å². The number of fused-ring (bicyclic) bond motifs is 1. The van der Waals surface area contributed by atoms with Crippen LogP contribution in [0.15, 0.2) is 36.5 Å². The van der Waals surface area contributed by atoms with E-state index in [2.05, 4.69) is 31.1 Å². The first kappa shape index (κ1) is 12.3. The Labute approximate surface area is 121 Å². The van der Waals surface area contributed by atoms with Crippen molar-refractivity contribution >= 4 is 16.9 Å². The van der Waals surface area contributed by atoms with Crippen LogP contribution in [0.3, 0.4) is 0 Å². The molecule has 2 aromatic heterocycles. The normalized spacial score (nSPS) is 15.5. The lowest BCUT2D eigenvalue weighted by Gasteiger charge is -2.25. The minimum Gasteiger partial charge on any atom is -0.378 e. The predicted octanol–water partition coefficient (Wildman–Crippen LogP) is 1.86. The second kappa shape index (κ2) is 5.14. The van der Waals surface area contributed by atoms with Gasteiger partial charge in [-0.3, -0.25) is 10.1 Å². The van der Waals surface area contributed by atoms with Gasteiger partial charge >= 0.3 is 0 Å². The molecule has 0 aliphatic carbocycles. The quantitative estimate of drug-likeness (QED) is 0.776. The van der Waals surface area contributed by atoms with Gasteiger partial charge in [-0.1, -0.05) is 18.2 Å². The third kappa shape index (κ3) is 2.34. The van der Waals surface area contributed by atoms with E-state index in [4.69, 9.17) is 4.74 Å². The number of anilines is 1. The maximum Gasteiger partial charge on any atom is 0.245 e. The Bertz CT molecular complexity index is 763. The number of para-hydroxylation sites is 1. The average molecular weight is 281 g/mol. The standard InChI is InChI=1S/C15H15N5O/c1-2-4-13-11(3-1)9-12(10-16-13)14-17-15(19-18-14)20-5-7-21-8-6-20/h1-4,9-10H,5-8H2,(H,17,18,19). The van der Waals surface area contributed by atoms with Crippen LogP contribution >= 0.6 is 0 Å². The van der Waals surface area contributed by atoms with Gasteiger partial charge < -0.3 is 9.64 Å². The average Bonchev–Trinajstić information content (AvgIpc) is 3.05. The lowest BCUT2D eigenvalue weighted by Crippen LogP contribution is -2.36. The summed E-state index contributed by atoms with van der Waals surface area (Å²) in [6.07, 6.45) is 1.83. The zero-order chi connectivity index (χ0) is 14.1. The summed E-state index contributed by atoms with van der Waals surface area (Å²) >= 11 is 0. The summed E-state index contributed by atoms with van der Waals surface area (Å²) in [5, 5.41) is 8.40. The van der Waals surface area contributed by atoms with E-state index in [9.17, 15) is 0 Å². The molecule has 3 heterocycles. The first-order valence-corrected chi connectivity index (χ1v) is 7.00. The second-order valence-corrected chi connectivity index (χ2v) is 5.00. The molecule has 0 atom stereocenters. The monoisotopic (exact) mass is 281 g/mol. The number of nitrogens with one attached hydrogen (secondary N) is 1. The molecule has 0 bridgehead atoms.